The van der Waals surface area contributed by atoms with Crippen LogP contribution in [0.2, 0.25) is 0 Å². The summed E-state index contributed by atoms with van der Waals surface area (Å²) in [7, 11) is 0. The summed E-state index contributed by atoms with van der Waals surface area (Å²) in [4.78, 5) is 12.8. The molecule has 0 aliphatic carbocycles. The average Bonchev–Trinajstić information content (AvgIpc) is 3.00. The summed E-state index contributed by atoms with van der Waals surface area (Å²) in [6.45, 7) is 0. The van der Waals surface area contributed by atoms with Crippen molar-refractivity contribution in [2.24, 2.45) is 0 Å². The minimum Gasteiger partial charge on any atom is -0.508 e. The predicted octanol–water partition coefficient (Wildman–Crippen LogP) is 4.38. The number of rotatable bonds is 1. The SMILES string of the molecule is O=c1c2ccc(O)cc2sc2cccc(-c3ccoc3)c12. The lowest BCUT2D eigenvalue weighted by Crippen LogP contribution is -2.02. The second kappa shape index (κ2) is 4.46. The molecule has 1 N–H and O–H groups in total. The van der Waals surface area contributed by atoms with Gasteiger partial charge in [-0.05, 0) is 35.9 Å². The van der Waals surface area contributed by atoms with Crippen LogP contribution in [0.25, 0.3) is 31.3 Å². The molecule has 4 aromatic rings. The van der Waals surface area contributed by atoms with E-state index in [1.54, 1.807) is 30.7 Å². The van der Waals surface area contributed by atoms with Crippen LogP contribution in [-0.2, 0) is 0 Å². The quantitative estimate of drug-likeness (QED) is 0.530. The van der Waals surface area contributed by atoms with Gasteiger partial charge in [-0.1, -0.05) is 12.1 Å². The van der Waals surface area contributed by atoms with Crippen molar-refractivity contribution in [3.8, 4) is 16.9 Å². The lowest BCUT2D eigenvalue weighted by atomic mass is 10.0. The Balaban J connectivity index is 2.20. The number of aromatic hydroxyl groups is 1. The number of phenolic OH excluding ortho intramolecular Hbond substituents is 1. The molecule has 0 atom stereocenters. The fourth-order valence-corrected chi connectivity index (χ4v) is 3.68. The molecule has 0 amide bonds. The van der Waals surface area contributed by atoms with Gasteiger partial charge < -0.3 is 9.52 Å². The van der Waals surface area contributed by atoms with Crippen molar-refractivity contribution in [3.63, 3.8) is 0 Å². The van der Waals surface area contributed by atoms with Crippen LogP contribution in [0.4, 0.5) is 0 Å². The summed E-state index contributed by atoms with van der Waals surface area (Å²) in [6, 6.07) is 12.5. The van der Waals surface area contributed by atoms with E-state index >= 15 is 0 Å². The molecule has 0 aliphatic heterocycles. The maximum Gasteiger partial charge on any atom is 0.196 e. The zero-order valence-corrected chi connectivity index (χ0v) is 11.7. The third kappa shape index (κ3) is 1.84. The van der Waals surface area contributed by atoms with E-state index in [-0.39, 0.29) is 11.2 Å². The molecule has 0 unspecified atom stereocenters. The molecule has 4 heteroatoms. The lowest BCUT2D eigenvalue weighted by Gasteiger charge is -2.05. The summed E-state index contributed by atoms with van der Waals surface area (Å²) in [6.07, 6.45) is 3.24. The van der Waals surface area contributed by atoms with Crippen molar-refractivity contribution in [2.45, 2.75) is 0 Å². The van der Waals surface area contributed by atoms with E-state index in [0.717, 1.165) is 20.5 Å². The number of furan rings is 1. The van der Waals surface area contributed by atoms with E-state index in [1.165, 1.54) is 11.3 Å². The van der Waals surface area contributed by atoms with Gasteiger partial charge in [0.05, 0.1) is 12.5 Å². The second-order valence-corrected chi connectivity index (χ2v) is 5.89. The number of hydrogen-bond acceptors (Lipinski definition) is 4. The van der Waals surface area contributed by atoms with Crippen LogP contribution < -0.4 is 5.43 Å². The Labute approximate surface area is 123 Å². The third-order valence-corrected chi connectivity index (χ3v) is 4.63. The monoisotopic (exact) mass is 294 g/mol. The highest BCUT2D eigenvalue weighted by atomic mass is 32.1. The van der Waals surface area contributed by atoms with Gasteiger partial charge in [-0.3, -0.25) is 4.79 Å². The van der Waals surface area contributed by atoms with Gasteiger partial charge in [0, 0.05) is 25.7 Å². The van der Waals surface area contributed by atoms with Crippen molar-refractivity contribution in [1.29, 1.82) is 0 Å². The van der Waals surface area contributed by atoms with Crippen LogP contribution in [0.1, 0.15) is 0 Å². The van der Waals surface area contributed by atoms with E-state index in [4.69, 9.17) is 4.42 Å². The molecule has 3 nitrogen and oxygen atoms in total. The fraction of sp³-hybridized carbons (Fsp3) is 0. The van der Waals surface area contributed by atoms with Gasteiger partial charge in [-0.15, -0.1) is 11.3 Å². The summed E-state index contributed by atoms with van der Waals surface area (Å²) >= 11 is 1.50. The van der Waals surface area contributed by atoms with E-state index in [9.17, 15) is 9.90 Å². The first kappa shape index (κ1) is 12.2. The Bertz CT molecular complexity index is 1010. The maximum atomic E-state index is 12.8. The summed E-state index contributed by atoms with van der Waals surface area (Å²) in [5.41, 5.74) is 1.75. The molecule has 0 saturated heterocycles. The van der Waals surface area contributed by atoms with Crippen molar-refractivity contribution >= 4 is 31.5 Å². The summed E-state index contributed by atoms with van der Waals surface area (Å²) < 4.78 is 6.82. The molecule has 4 rings (SSSR count). The number of benzene rings is 2. The Morgan fingerprint density at radius 3 is 2.76 bits per heavy atom. The standard InChI is InChI=1S/C17H10O3S/c18-11-4-5-13-15(8-11)21-14-3-1-2-12(16(14)17(13)19)10-6-7-20-9-10/h1-9,18H. The first-order valence-electron chi connectivity index (χ1n) is 6.45. The molecule has 0 radical (unpaired) electrons. The Morgan fingerprint density at radius 1 is 1.05 bits per heavy atom. The second-order valence-electron chi connectivity index (χ2n) is 4.80. The Kier molecular flexibility index (Phi) is 2.59. The van der Waals surface area contributed by atoms with E-state index < -0.39 is 0 Å². The van der Waals surface area contributed by atoms with Gasteiger partial charge >= 0.3 is 0 Å². The molecular formula is C17H10O3S. The van der Waals surface area contributed by atoms with Crippen molar-refractivity contribution in [1.82, 2.24) is 0 Å². The van der Waals surface area contributed by atoms with Crippen LogP contribution in [0.15, 0.2) is 64.2 Å². The largest absolute Gasteiger partial charge is 0.508 e. The van der Waals surface area contributed by atoms with Crippen LogP contribution in [0, 0.1) is 0 Å². The summed E-state index contributed by atoms with van der Waals surface area (Å²) in [5.74, 6) is 0.170. The van der Waals surface area contributed by atoms with Gasteiger partial charge in [0.25, 0.3) is 0 Å². The molecule has 0 bridgehead atoms. The molecule has 0 aliphatic rings. The van der Waals surface area contributed by atoms with Gasteiger partial charge in [-0.25, -0.2) is 0 Å². The van der Waals surface area contributed by atoms with Gasteiger partial charge in [-0.2, -0.15) is 0 Å². The molecule has 0 fully saturated rings. The molecule has 2 aromatic carbocycles. The van der Waals surface area contributed by atoms with Gasteiger partial charge in [0.1, 0.15) is 5.75 Å². The molecular weight excluding hydrogens is 284 g/mol. The minimum atomic E-state index is -0.0180. The van der Waals surface area contributed by atoms with E-state index in [2.05, 4.69) is 0 Å². The van der Waals surface area contributed by atoms with E-state index in [1.807, 2.05) is 24.3 Å². The lowest BCUT2D eigenvalue weighted by molar-refractivity contribution is 0.476. The maximum absolute atomic E-state index is 12.8. The Morgan fingerprint density at radius 2 is 1.95 bits per heavy atom. The molecule has 21 heavy (non-hydrogen) atoms. The highest BCUT2D eigenvalue weighted by molar-refractivity contribution is 7.24. The van der Waals surface area contributed by atoms with Crippen LogP contribution in [-0.4, -0.2) is 5.11 Å². The third-order valence-electron chi connectivity index (χ3n) is 3.52. The minimum absolute atomic E-state index is 0.0180. The predicted molar refractivity (Wildman–Crippen MR) is 85.0 cm³/mol. The zero-order chi connectivity index (χ0) is 14.4. The van der Waals surface area contributed by atoms with Crippen LogP contribution in [0.3, 0.4) is 0 Å². The first-order valence-corrected chi connectivity index (χ1v) is 7.27. The smallest absolute Gasteiger partial charge is 0.196 e. The molecule has 0 spiro atoms. The topological polar surface area (TPSA) is 50.4 Å². The number of hydrogen-bond donors (Lipinski definition) is 1. The highest BCUT2D eigenvalue weighted by Gasteiger charge is 2.12. The first-order chi connectivity index (χ1) is 10.2. The zero-order valence-electron chi connectivity index (χ0n) is 10.9. The average molecular weight is 294 g/mol. The Hall–Kier alpha value is -2.59. The molecule has 0 saturated carbocycles. The van der Waals surface area contributed by atoms with Crippen molar-refractivity contribution in [2.75, 3.05) is 0 Å². The van der Waals surface area contributed by atoms with Crippen LogP contribution >= 0.6 is 11.3 Å². The number of fused-ring (bicyclic) bond motifs is 2. The van der Waals surface area contributed by atoms with Crippen molar-refractivity contribution in [3.05, 3.63) is 65.2 Å². The highest BCUT2D eigenvalue weighted by Crippen LogP contribution is 2.33. The van der Waals surface area contributed by atoms with Gasteiger partial charge in [0.15, 0.2) is 5.43 Å². The van der Waals surface area contributed by atoms with Gasteiger partial charge in [0.2, 0.25) is 0 Å². The normalized spacial score (nSPS) is 11.2. The fourth-order valence-electron chi connectivity index (χ4n) is 2.54. The van der Waals surface area contributed by atoms with Crippen LogP contribution in [0.5, 0.6) is 5.75 Å². The number of phenols is 1. The molecule has 2 aromatic heterocycles. The van der Waals surface area contributed by atoms with E-state index in [0.29, 0.717) is 10.8 Å². The van der Waals surface area contributed by atoms with Crippen molar-refractivity contribution < 1.29 is 9.52 Å². The molecule has 2 heterocycles. The molecule has 102 valence electrons. The summed E-state index contributed by atoms with van der Waals surface area (Å²) in [5, 5.41) is 10.9.